The van der Waals surface area contributed by atoms with E-state index in [2.05, 4.69) is 10.6 Å². The Morgan fingerprint density at radius 3 is 2.44 bits per heavy atom. The fraction of sp³-hybridized carbons (Fsp3) is 0.320. The average Bonchev–Trinajstić information content (AvgIpc) is 3.60. The van der Waals surface area contributed by atoms with Crippen LogP contribution in [-0.4, -0.2) is 30.3 Å². The van der Waals surface area contributed by atoms with E-state index in [-0.39, 0.29) is 17.6 Å². The van der Waals surface area contributed by atoms with Crippen molar-refractivity contribution in [2.75, 3.05) is 11.4 Å². The number of carbonyl (C=O) groups is 3. The van der Waals surface area contributed by atoms with E-state index in [0.29, 0.717) is 11.4 Å². The molecule has 4 rings (SSSR count). The molecular weight excluding hydrogens is 441 g/mol. The number of anilines is 1. The quantitative estimate of drug-likeness (QED) is 0.523. The van der Waals surface area contributed by atoms with Crippen LogP contribution < -0.4 is 15.5 Å². The third-order valence-corrected chi connectivity index (χ3v) is 5.76. The van der Waals surface area contributed by atoms with Crippen LogP contribution in [0.25, 0.3) is 0 Å². The first-order valence-corrected chi connectivity index (χ1v) is 11.2. The summed E-state index contributed by atoms with van der Waals surface area (Å²) in [5.74, 6) is -1.14. The molecule has 34 heavy (non-hydrogen) atoms. The van der Waals surface area contributed by atoms with Gasteiger partial charge in [-0.1, -0.05) is 12.8 Å². The van der Waals surface area contributed by atoms with E-state index in [1.165, 1.54) is 41.5 Å². The molecule has 1 atom stereocenters. The summed E-state index contributed by atoms with van der Waals surface area (Å²) >= 11 is 0. The predicted octanol–water partition coefficient (Wildman–Crippen LogP) is 3.88. The van der Waals surface area contributed by atoms with Gasteiger partial charge in [0.25, 0.3) is 11.8 Å². The highest BCUT2D eigenvalue weighted by molar-refractivity contribution is 6.04. The molecule has 178 valence electrons. The Kier molecular flexibility index (Phi) is 7.10. The van der Waals surface area contributed by atoms with Gasteiger partial charge in [0.15, 0.2) is 11.8 Å². The van der Waals surface area contributed by atoms with Crippen LogP contribution in [-0.2, 0) is 9.59 Å². The Morgan fingerprint density at radius 2 is 1.82 bits per heavy atom. The average molecular weight is 467 g/mol. The van der Waals surface area contributed by atoms with Crippen molar-refractivity contribution in [2.24, 2.45) is 0 Å². The van der Waals surface area contributed by atoms with Crippen molar-refractivity contribution in [3.8, 4) is 0 Å². The number of rotatable bonds is 8. The molecule has 0 bridgehead atoms. The largest absolute Gasteiger partial charge is 0.464 e. The van der Waals surface area contributed by atoms with Crippen molar-refractivity contribution >= 4 is 23.4 Å². The number of carbonyl (C=O) groups excluding carboxylic acids is 3. The van der Waals surface area contributed by atoms with E-state index in [0.717, 1.165) is 25.7 Å². The normalized spacial score (nSPS) is 14.5. The molecular formula is C25H26FN3O5. The Hall–Kier alpha value is -3.88. The molecule has 9 heteroatoms. The first-order valence-electron chi connectivity index (χ1n) is 11.2. The minimum absolute atomic E-state index is 0.00915. The lowest BCUT2D eigenvalue weighted by atomic mass is 10.1. The maximum atomic E-state index is 13.7. The molecule has 2 heterocycles. The summed E-state index contributed by atoms with van der Waals surface area (Å²) in [6, 6.07) is 10.5. The molecule has 0 radical (unpaired) electrons. The summed E-state index contributed by atoms with van der Waals surface area (Å²) in [4.78, 5) is 40.4. The number of nitrogens with one attached hydrogen (secondary N) is 2. The van der Waals surface area contributed by atoms with Gasteiger partial charge in [0.05, 0.1) is 12.8 Å². The summed E-state index contributed by atoms with van der Waals surface area (Å²) < 4.78 is 24.5. The topological polar surface area (TPSA) is 105 Å². The van der Waals surface area contributed by atoms with E-state index in [4.69, 9.17) is 8.83 Å². The molecule has 0 aliphatic heterocycles. The van der Waals surface area contributed by atoms with Crippen LogP contribution in [0, 0.1) is 12.7 Å². The summed E-state index contributed by atoms with van der Waals surface area (Å²) in [6.07, 6.45) is 5.12. The van der Waals surface area contributed by atoms with Gasteiger partial charge in [0.2, 0.25) is 5.91 Å². The van der Waals surface area contributed by atoms with Gasteiger partial charge < -0.3 is 19.5 Å². The lowest BCUT2D eigenvalue weighted by Gasteiger charge is -2.31. The summed E-state index contributed by atoms with van der Waals surface area (Å²) in [5.41, 5.74) is 0.291. The van der Waals surface area contributed by atoms with Gasteiger partial charge in [-0.3, -0.25) is 19.3 Å². The first-order chi connectivity index (χ1) is 16.4. The smallest absolute Gasteiger partial charge is 0.287 e. The van der Waals surface area contributed by atoms with Gasteiger partial charge in [-0.05, 0) is 68.3 Å². The summed E-state index contributed by atoms with van der Waals surface area (Å²) in [6.45, 7) is 1.33. The fourth-order valence-corrected chi connectivity index (χ4v) is 4.10. The van der Waals surface area contributed by atoms with E-state index < -0.39 is 36.1 Å². The molecule has 2 aromatic heterocycles. The van der Waals surface area contributed by atoms with E-state index in [1.54, 1.807) is 25.1 Å². The third kappa shape index (κ3) is 5.36. The molecule has 0 spiro atoms. The van der Waals surface area contributed by atoms with Gasteiger partial charge in [0.1, 0.15) is 17.3 Å². The van der Waals surface area contributed by atoms with Crippen molar-refractivity contribution in [2.45, 2.75) is 44.7 Å². The SMILES string of the molecule is Cc1ccc([C@H](C(=O)NC2CCCC2)N(C(=O)CNC(=O)c2ccco2)c2ccc(F)cc2)o1. The lowest BCUT2D eigenvalue weighted by Crippen LogP contribution is -2.49. The van der Waals surface area contributed by atoms with Gasteiger partial charge in [-0.15, -0.1) is 0 Å². The van der Waals surface area contributed by atoms with Crippen molar-refractivity contribution in [1.82, 2.24) is 10.6 Å². The number of aryl methyl sites for hydroxylation is 1. The molecule has 3 aromatic rings. The van der Waals surface area contributed by atoms with E-state index in [9.17, 15) is 18.8 Å². The first kappa shape index (κ1) is 23.3. The maximum absolute atomic E-state index is 13.7. The van der Waals surface area contributed by atoms with E-state index in [1.807, 2.05) is 0 Å². The Bertz CT molecular complexity index is 1130. The second-order valence-electron chi connectivity index (χ2n) is 8.24. The third-order valence-electron chi connectivity index (χ3n) is 5.76. The monoisotopic (exact) mass is 467 g/mol. The van der Waals surface area contributed by atoms with Gasteiger partial charge >= 0.3 is 0 Å². The minimum Gasteiger partial charge on any atom is -0.464 e. The molecule has 0 saturated heterocycles. The highest BCUT2D eigenvalue weighted by Crippen LogP contribution is 2.30. The number of amides is 3. The zero-order chi connectivity index (χ0) is 24.1. The fourth-order valence-electron chi connectivity index (χ4n) is 4.10. The van der Waals surface area contributed by atoms with Crippen molar-refractivity contribution < 1.29 is 27.6 Å². The number of hydrogen-bond acceptors (Lipinski definition) is 5. The number of nitrogens with zero attached hydrogens (tertiary/aromatic N) is 1. The Morgan fingerprint density at radius 1 is 1.09 bits per heavy atom. The number of halogens is 1. The van der Waals surface area contributed by atoms with Crippen LogP contribution in [0.2, 0.25) is 0 Å². The molecule has 1 fully saturated rings. The highest BCUT2D eigenvalue weighted by Gasteiger charge is 2.36. The zero-order valence-electron chi connectivity index (χ0n) is 18.8. The number of hydrogen-bond donors (Lipinski definition) is 2. The Balaban J connectivity index is 1.65. The molecule has 1 aliphatic rings. The second kappa shape index (κ2) is 10.4. The molecule has 8 nitrogen and oxygen atoms in total. The summed E-state index contributed by atoms with van der Waals surface area (Å²) in [5, 5.41) is 5.53. The van der Waals surface area contributed by atoms with Gasteiger partial charge in [-0.2, -0.15) is 0 Å². The van der Waals surface area contributed by atoms with Crippen LogP contribution in [0.4, 0.5) is 10.1 Å². The zero-order valence-corrected chi connectivity index (χ0v) is 18.8. The number of furan rings is 2. The van der Waals surface area contributed by atoms with Crippen LogP contribution in [0.5, 0.6) is 0 Å². The minimum atomic E-state index is -1.15. The maximum Gasteiger partial charge on any atom is 0.287 e. The molecule has 0 unspecified atom stereocenters. The lowest BCUT2D eigenvalue weighted by molar-refractivity contribution is -0.127. The number of benzene rings is 1. The van der Waals surface area contributed by atoms with Gasteiger partial charge in [0, 0.05) is 11.7 Å². The second-order valence-corrected chi connectivity index (χ2v) is 8.24. The molecule has 1 aromatic carbocycles. The molecule has 3 amide bonds. The van der Waals surface area contributed by atoms with Crippen LogP contribution >= 0.6 is 0 Å². The molecule has 1 saturated carbocycles. The standard InChI is InChI=1S/C25H26FN3O5/c1-16-8-13-20(34-16)23(25(32)28-18-5-2-3-6-18)29(19-11-9-17(26)10-12-19)22(30)15-27-24(31)21-7-4-14-33-21/h4,7-14,18,23H,2-3,5-6,15H2,1H3,(H,27,31)(H,28,32)/t23-/m1/s1. The summed E-state index contributed by atoms with van der Waals surface area (Å²) in [7, 11) is 0. The van der Waals surface area contributed by atoms with Crippen LogP contribution in [0.1, 0.15) is 53.8 Å². The van der Waals surface area contributed by atoms with Gasteiger partial charge in [-0.25, -0.2) is 4.39 Å². The van der Waals surface area contributed by atoms with E-state index >= 15 is 0 Å². The van der Waals surface area contributed by atoms with Crippen molar-refractivity contribution in [1.29, 1.82) is 0 Å². The molecule has 1 aliphatic carbocycles. The highest BCUT2D eigenvalue weighted by atomic mass is 19.1. The van der Waals surface area contributed by atoms with Crippen LogP contribution in [0.15, 0.2) is 63.6 Å². The molecule has 2 N–H and O–H groups in total. The van der Waals surface area contributed by atoms with Crippen molar-refractivity contribution in [3.63, 3.8) is 0 Å². The van der Waals surface area contributed by atoms with Crippen molar-refractivity contribution in [3.05, 3.63) is 77.9 Å². The van der Waals surface area contributed by atoms with Crippen LogP contribution in [0.3, 0.4) is 0 Å². The predicted molar refractivity (Wildman–Crippen MR) is 122 cm³/mol. The Labute approximate surface area is 196 Å².